The molecule has 1 heterocycles. The molecule has 0 unspecified atom stereocenters. The maximum Gasteiger partial charge on any atom is 0.320 e. The predicted molar refractivity (Wildman–Crippen MR) is 62.0 cm³/mol. The Morgan fingerprint density at radius 3 is 2.80 bits per heavy atom. The van der Waals surface area contributed by atoms with Crippen LogP contribution in [0.3, 0.4) is 0 Å². The first-order chi connectivity index (χ1) is 7.09. The van der Waals surface area contributed by atoms with Crippen LogP contribution in [-0.4, -0.2) is 18.6 Å². The second kappa shape index (κ2) is 5.88. The highest BCUT2D eigenvalue weighted by Gasteiger charge is 2.09. The molecular formula is C11H17NO2S. The fraction of sp³-hybridized carbons (Fsp3) is 0.545. The maximum absolute atomic E-state index is 11.2. The Morgan fingerprint density at radius 2 is 2.27 bits per heavy atom. The summed E-state index contributed by atoms with van der Waals surface area (Å²) < 4.78 is 5.02. The summed E-state index contributed by atoms with van der Waals surface area (Å²) in [4.78, 5) is 12.5. The SMILES string of the molecule is CC(C)OC(=O)CN[C@@H](C)c1cccs1. The van der Waals surface area contributed by atoms with Gasteiger partial charge in [0.2, 0.25) is 0 Å². The van der Waals surface area contributed by atoms with Crippen molar-refractivity contribution < 1.29 is 9.53 Å². The molecule has 0 radical (unpaired) electrons. The summed E-state index contributed by atoms with van der Waals surface area (Å²) in [5.41, 5.74) is 0. The third-order valence-corrected chi connectivity index (χ3v) is 2.94. The van der Waals surface area contributed by atoms with Gasteiger partial charge in [-0.1, -0.05) is 6.07 Å². The molecule has 15 heavy (non-hydrogen) atoms. The van der Waals surface area contributed by atoms with Gasteiger partial charge in [0, 0.05) is 10.9 Å². The van der Waals surface area contributed by atoms with Gasteiger partial charge in [-0.25, -0.2) is 0 Å². The molecule has 0 fully saturated rings. The number of carbonyl (C=O) groups is 1. The van der Waals surface area contributed by atoms with Crippen LogP contribution >= 0.6 is 11.3 Å². The fourth-order valence-corrected chi connectivity index (χ4v) is 1.94. The summed E-state index contributed by atoms with van der Waals surface area (Å²) in [5, 5.41) is 5.15. The van der Waals surface area contributed by atoms with E-state index in [9.17, 15) is 4.79 Å². The lowest BCUT2D eigenvalue weighted by Crippen LogP contribution is -2.28. The van der Waals surface area contributed by atoms with Crippen LogP contribution in [0.4, 0.5) is 0 Å². The number of ether oxygens (including phenoxy) is 1. The molecule has 0 saturated carbocycles. The number of esters is 1. The van der Waals surface area contributed by atoms with E-state index < -0.39 is 0 Å². The molecule has 0 saturated heterocycles. The summed E-state index contributed by atoms with van der Waals surface area (Å²) in [6, 6.07) is 4.26. The highest BCUT2D eigenvalue weighted by Crippen LogP contribution is 2.17. The molecule has 0 aliphatic carbocycles. The number of rotatable bonds is 5. The van der Waals surface area contributed by atoms with Crippen molar-refractivity contribution in [3.05, 3.63) is 22.4 Å². The topological polar surface area (TPSA) is 38.3 Å². The highest BCUT2D eigenvalue weighted by atomic mass is 32.1. The van der Waals surface area contributed by atoms with Crippen molar-refractivity contribution in [1.82, 2.24) is 5.32 Å². The molecule has 1 atom stereocenters. The Kier molecular flexibility index (Phi) is 4.78. The van der Waals surface area contributed by atoms with Gasteiger partial charge >= 0.3 is 5.97 Å². The third-order valence-electron chi connectivity index (χ3n) is 1.89. The van der Waals surface area contributed by atoms with Crippen molar-refractivity contribution in [3.63, 3.8) is 0 Å². The monoisotopic (exact) mass is 227 g/mol. The van der Waals surface area contributed by atoms with Crippen LogP contribution in [0, 0.1) is 0 Å². The summed E-state index contributed by atoms with van der Waals surface area (Å²) in [6.45, 7) is 5.99. The van der Waals surface area contributed by atoms with E-state index in [1.807, 2.05) is 32.2 Å². The normalized spacial score (nSPS) is 12.8. The van der Waals surface area contributed by atoms with Crippen molar-refractivity contribution >= 4 is 17.3 Å². The molecule has 1 aromatic heterocycles. The van der Waals surface area contributed by atoms with Crippen LogP contribution < -0.4 is 5.32 Å². The molecule has 0 aromatic carbocycles. The molecule has 1 aromatic rings. The average molecular weight is 227 g/mol. The first-order valence-corrected chi connectivity index (χ1v) is 5.94. The summed E-state index contributed by atoms with van der Waals surface area (Å²) in [7, 11) is 0. The molecule has 0 spiro atoms. The van der Waals surface area contributed by atoms with Gasteiger partial charge in [-0.05, 0) is 32.2 Å². The Balaban J connectivity index is 2.28. The molecule has 0 aliphatic heterocycles. The van der Waals surface area contributed by atoms with Crippen LogP contribution in [0.1, 0.15) is 31.7 Å². The van der Waals surface area contributed by atoms with E-state index in [1.165, 1.54) is 4.88 Å². The Hall–Kier alpha value is -0.870. The van der Waals surface area contributed by atoms with Crippen LogP contribution in [0.15, 0.2) is 17.5 Å². The molecule has 84 valence electrons. The quantitative estimate of drug-likeness (QED) is 0.785. The average Bonchev–Trinajstić information content (AvgIpc) is 2.65. The first kappa shape index (κ1) is 12.2. The van der Waals surface area contributed by atoms with Crippen LogP contribution in [0.2, 0.25) is 0 Å². The number of hydrogen-bond donors (Lipinski definition) is 1. The van der Waals surface area contributed by atoms with E-state index in [0.717, 1.165) is 0 Å². The van der Waals surface area contributed by atoms with Crippen molar-refractivity contribution in [2.24, 2.45) is 0 Å². The summed E-state index contributed by atoms with van der Waals surface area (Å²) >= 11 is 1.68. The van der Waals surface area contributed by atoms with E-state index in [0.29, 0.717) is 0 Å². The van der Waals surface area contributed by atoms with E-state index >= 15 is 0 Å². The lowest BCUT2D eigenvalue weighted by atomic mass is 10.3. The molecule has 4 heteroatoms. The molecule has 0 amide bonds. The Labute approximate surface area is 94.5 Å². The fourth-order valence-electron chi connectivity index (χ4n) is 1.18. The Bertz CT molecular complexity index is 296. The molecule has 0 aliphatic rings. The minimum Gasteiger partial charge on any atom is -0.462 e. The lowest BCUT2D eigenvalue weighted by Gasteiger charge is -2.12. The maximum atomic E-state index is 11.2. The van der Waals surface area contributed by atoms with Gasteiger partial charge in [-0.3, -0.25) is 10.1 Å². The zero-order chi connectivity index (χ0) is 11.3. The van der Waals surface area contributed by atoms with E-state index in [-0.39, 0.29) is 24.7 Å². The van der Waals surface area contributed by atoms with Crippen LogP contribution in [0.25, 0.3) is 0 Å². The summed E-state index contributed by atoms with van der Waals surface area (Å²) in [5.74, 6) is -0.201. The second-order valence-electron chi connectivity index (χ2n) is 3.66. The van der Waals surface area contributed by atoms with Crippen LogP contribution in [-0.2, 0) is 9.53 Å². The van der Waals surface area contributed by atoms with Gasteiger partial charge in [0.05, 0.1) is 12.6 Å². The molecule has 1 N–H and O–H groups in total. The minimum atomic E-state index is -0.201. The van der Waals surface area contributed by atoms with Gasteiger partial charge in [-0.2, -0.15) is 0 Å². The van der Waals surface area contributed by atoms with Gasteiger partial charge < -0.3 is 4.74 Å². The Morgan fingerprint density at radius 1 is 1.53 bits per heavy atom. The van der Waals surface area contributed by atoms with E-state index in [1.54, 1.807) is 11.3 Å². The van der Waals surface area contributed by atoms with E-state index in [4.69, 9.17) is 4.74 Å². The number of carbonyl (C=O) groups excluding carboxylic acids is 1. The van der Waals surface area contributed by atoms with Crippen molar-refractivity contribution in [2.75, 3.05) is 6.54 Å². The van der Waals surface area contributed by atoms with Gasteiger partial charge in [0.25, 0.3) is 0 Å². The number of thiophene rings is 1. The molecular weight excluding hydrogens is 210 g/mol. The lowest BCUT2D eigenvalue weighted by molar-refractivity contribution is -0.146. The molecule has 1 rings (SSSR count). The van der Waals surface area contributed by atoms with Gasteiger partial charge in [0.15, 0.2) is 0 Å². The number of hydrogen-bond acceptors (Lipinski definition) is 4. The van der Waals surface area contributed by atoms with Crippen molar-refractivity contribution in [1.29, 1.82) is 0 Å². The molecule has 0 bridgehead atoms. The zero-order valence-electron chi connectivity index (χ0n) is 9.32. The molecule has 3 nitrogen and oxygen atoms in total. The predicted octanol–water partition coefficient (Wildman–Crippen LogP) is 2.35. The highest BCUT2D eigenvalue weighted by molar-refractivity contribution is 7.10. The van der Waals surface area contributed by atoms with Crippen LogP contribution in [0.5, 0.6) is 0 Å². The minimum absolute atomic E-state index is 0.0451. The third kappa shape index (κ3) is 4.44. The van der Waals surface area contributed by atoms with Gasteiger partial charge in [-0.15, -0.1) is 11.3 Å². The second-order valence-corrected chi connectivity index (χ2v) is 4.64. The van der Waals surface area contributed by atoms with Crippen molar-refractivity contribution in [2.45, 2.75) is 32.9 Å². The largest absolute Gasteiger partial charge is 0.462 e. The van der Waals surface area contributed by atoms with E-state index in [2.05, 4.69) is 11.4 Å². The first-order valence-electron chi connectivity index (χ1n) is 5.06. The summed E-state index contributed by atoms with van der Waals surface area (Å²) in [6.07, 6.45) is -0.0451. The van der Waals surface area contributed by atoms with Gasteiger partial charge in [0.1, 0.15) is 0 Å². The smallest absolute Gasteiger partial charge is 0.320 e. The standard InChI is InChI=1S/C11H17NO2S/c1-8(2)14-11(13)7-12-9(3)10-5-4-6-15-10/h4-6,8-9,12H,7H2,1-3H3/t9-/m0/s1. The van der Waals surface area contributed by atoms with Crippen molar-refractivity contribution in [3.8, 4) is 0 Å². The number of nitrogens with one attached hydrogen (secondary N) is 1. The zero-order valence-corrected chi connectivity index (χ0v) is 10.1.